The number of allylic oxidation sites excluding steroid dienone is 1. The minimum Gasteiger partial charge on any atom is -0.398 e. The molecule has 0 heterocycles. The number of hydrogen-bond acceptors (Lipinski definition) is 1. The number of aryl methyl sites for hydroxylation is 2. The number of hydrogen-bond donors (Lipinski definition) is 1. The Morgan fingerprint density at radius 3 is 2.50 bits per heavy atom. The van der Waals surface area contributed by atoms with Gasteiger partial charge in [-0.15, -0.1) is 0 Å². The Morgan fingerprint density at radius 2 is 2.00 bits per heavy atom. The van der Waals surface area contributed by atoms with E-state index in [0.29, 0.717) is 0 Å². The highest BCUT2D eigenvalue weighted by Crippen LogP contribution is 2.22. The van der Waals surface area contributed by atoms with Gasteiger partial charge in [-0.1, -0.05) is 30.4 Å². The lowest BCUT2D eigenvalue weighted by molar-refractivity contribution is 1.33. The van der Waals surface area contributed by atoms with Crippen molar-refractivity contribution in [2.45, 2.75) is 20.8 Å². The molecule has 1 rings (SSSR count). The lowest BCUT2D eigenvalue weighted by Gasteiger charge is -2.10. The topological polar surface area (TPSA) is 26.0 Å². The molecule has 0 unspecified atom stereocenters. The smallest absolute Gasteiger partial charge is 0.0350 e. The van der Waals surface area contributed by atoms with E-state index in [4.69, 9.17) is 5.73 Å². The van der Waals surface area contributed by atoms with Crippen LogP contribution in [0.25, 0.3) is 11.8 Å². The van der Waals surface area contributed by atoms with Gasteiger partial charge in [-0.25, -0.2) is 0 Å². The quantitative estimate of drug-likeness (QED) is 0.755. The maximum Gasteiger partial charge on any atom is 0.0350 e. The van der Waals surface area contributed by atoms with E-state index in [0.717, 1.165) is 16.8 Å². The van der Waals surface area contributed by atoms with Crippen LogP contribution in [0.2, 0.25) is 0 Å². The molecule has 0 radical (unpaired) electrons. The molecule has 74 valence electrons. The Bertz CT molecular complexity index is 386. The molecule has 0 aliphatic heterocycles. The largest absolute Gasteiger partial charge is 0.398 e. The van der Waals surface area contributed by atoms with Gasteiger partial charge in [0.25, 0.3) is 0 Å². The third-order valence-electron chi connectivity index (χ3n) is 2.36. The maximum absolute atomic E-state index is 5.92. The lowest BCUT2D eigenvalue weighted by Crippen LogP contribution is -2.00. The Kier molecular flexibility index (Phi) is 3.13. The highest BCUT2D eigenvalue weighted by molar-refractivity contribution is 5.74. The van der Waals surface area contributed by atoms with Crippen LogP contribution in [0.1, 0.15) is 29.2 Å². The van der Waals surface area contributed by atoms with Crippen molar-refractivity contribution in [1.82, 2.24) is 0 Å². The minimum atomic E-state index is 0.812. The van der Waals surface area contributed by atoms with Crippen molar-refractivity contribution in [3.63, 3.8) is 0 Å². The van der Waals surface area contributed by atoms with Crippen molar-refractivity contribution in [1.29, 1.82) is 0 Å². The van der Waals surface area contributed by atoms with Crippen LogP contribution in [0, 0.1) is 13.8 Å². The summed E-state index contributed by atoms with van der Waals surface area (Å²) in [5, 5.41) is 0. The number of benzene rings is 1. The highest BCUT2D eigenvalue weighted by atomic mass is 14.6. The van der Waals surface area contributed by atoms with Crippen LogP contribution in [0.5, 0.6) is 0 Å². The van der Waals surface area contributed by atoms with Gasteiger partial charge in [0.05, 0.1) is 0 Å². The highest BCUT2D eigenvalue weighted by Gasteiger charge is 2.05. The Hall–Kier alpha value is -1.50. The molecule has 14 heavy (non-hydrogen) atoms. The molecule has 2 N–H and O–H groups in total. The summed E-state index contributed by atoms with van der Waals surface area (Å²) in [6, 6.07) is 4.24. The van der Waals surface area contributed by atoms with E-state index in [2.05, 4.69) is 32.6 Å². The van der Waals surface area contributed by atoms with Crippen LogP contribution in [-0.2, 0) is 0 Å². The summed E-state index contributed by atoms with van der Waals surface area (Å²) in [5.41, 5.74) is 11.4. The van der Waals surface area contributed by atoms with E-state index < -0.39 is 0 Å². The van der Waals surface area contributed by atoms with Gasteiger partial charge in [0.1, 0.15) is 0 Å². The molecule has 0 aliphatic rings. The van der Waals surface area contributed by atoms with Crippen LogP contribution < -0.4 is 5.73 Å². The summed E-state index contributed by atoms with van der Waals surface area (Å²) in [4.78, 5) is 0. The van der Waals surface area contributed by atoms with Gasteiger partial charge in [-0.05, 0) is 38.0 Å². The Balaban J connectivity index is 3.47. The normalized spacial score (nSPS) is 11.5. The molecule has 0 spiro atoms. The molecule has 0 bridgehead atoms. The fourth-order valence-electron chi connectivity index (χ4n) is 1.64. The summed E-state index contributed by atoms with van der Waals surface area (Å²) in [7, 11) is 0. The molecule has 1 nitrogen and oxygen atoms in total. The van der Waals surface area contributed by atoms with Crippen LogP contribution in [0.15, 0.2) is 24.8 Å². The van der Waals surface area contributed by atoms with E-state index in [-0.39, 0.29) is 0 Å². The SMILES string of the molecule is C=Cc1c(C)cc(C)cc1/C(N)=C/C. The first-order valence-corrected chi connectivity index (χ1v) is 4.76. The van der Waals surface area contributed by atoms with E-state index in [1.54, 1.807) is 0 Å². The predicted molar refractivity (Wildman–Crippen MR) is 63.8 cm³/mol. The van der Waals surface area contributed by atoms with Gasteiger partial charge in [0.15, 0.2) is 0 Å². The summed E-state index contributed by atoms with van der Waals surface area (Å²) in [5.74, 6) is 0. The van der Waals surface area contributed by atoms with Gasteiger partial charge in [0, 0.05) is 11.3 Å². The van der Waals surface area contributed by atoms with Crippen molar-refractivity contribution < 1.29 is 0 Å². The van der Waals surface area contributed by atoms with Gasteiger partial charge in [0.2, 0.25) is 0 Å². The van der Waals surface area contributed by atoms with Gasteiger partial charge >= 0.3 is 0 Å². The van der Waals surface area contributed by atoms with E-state index >= 15 is 0 Å². The van der Waals surface area contributed by atoms with Crippen molar-refractivity contribution >= 4 is 11.8 Å². The first-order valence-electron chi connectivity index (χ1n) is 4.76. The van der Waals surface area contributed by atoms with Crippen molar-refractivity contribution in [2.24, 2.45) is 5.73 Å². The molecule has 1 aromatic carbocycles. The average molecular weight is 187 g/mol. The van der Waals surface area contributed by atoms with E-state index in [9.17, 15) is 0 Å². The molecule has 0 saturated carbocycles. The molecule has 0 aliphatic carbocycles. The van der Waals surface area contributed by atoms with Crippen molar-refractivity contribution in [3.05, 3.63) is 47.0 Å². The van der Waals surface area contributed by atoms with Crippen molar-refractivity contribution in [2.75, 3.05) is 0 Å². The first kappa shape index (κ1) is 10.6. The molecule has 0 atom stereocenters. The third-order valence-corrected chi connectivity index (χ3v) is 2.36. The fraction of sp³-hybridized carbons (Fsp3) is 0.231. The Morgan fingerprint density at radius 1 is 1.36 bits per heavy atom. The molecule has 0 amide bonds. The lowest BCUT2D eigenvalue weighted by atomic mass is 9.97. The average Bonchev–Trinajstić information content (AvgIpc) is 2.15. The van der Waals surface area contributed by atoms with Crippen LogP contribution in [0.4, 0.5) is 0 Å². The molecule has 0 aromatic heterocycles. The zero-order valence-corrected chi connectivity index (χ0v) is 9.09. The standard InChI is InChI=1S/C13H17N/c1-5-11-10(4)7-9(3)8-12(11)13(14)6-2/h5-8H,1,14H2,2-4H3/b13-6-. The zero-order valence-electron chi connectivity index (χ0n) is 9.09. The maximum atomic E-state index is 5.92. The molecule has 0 saturated heterocycles. The summed E-state index contributed by atoms with van der Waals surface area (Å²) in [6.07, 6.45) is 3.78. The second-order valence-corrected chi connectivity index (χ2v) is 3.49. The van der Waals surface area contributed by atoms with Crippen LogP contribution in [-0.4, -0.2) is 0 Å². The molecular weight excluding hydrogens is 170 g/mol. The first-order chi connectivity index (χ1) is 6.60. The predicted octanol–water partition coefficient (Wildman–Crippen LogP) is 3.27. The zero-order chi connectivity index (χ0) is 10.7. The Labute approximate surface area is 85.9 Å². The third kappa shape index (κ3) is 1.87. The number of rotatable bonds is 2. The second kappa shape index (κ2) is 4.14. The molecular formula is C13H17N. The summed E-state index contributed by atoms with van der Waals surface area (Å²) < 4.78 is 0. The van der Waals surface area contributed by atoms with Crippen LogP contribution in [0.3, 0.4) is 0 Å². The number of nitrogens with two attached hydrogens (primary N) is 1. The minimum absolute atomic E-state index is 0.812. The van der Waals surface area contributed by atoms with Crippen LogP contribution >= 0.6 is 0 Å². The van der Waals surface area contributed by atoms with Gasteiger partial charge in [-0.3, -0.25) is 0 Å². The molecule has 0 fully saturated rings. The van der Waals surface area contributed by atoms with E-state index in [1.165, 1.54) is 11.1 Å². The monoisotopic (exact) mass is 187 g/mol. The van der Waals surface area contributed by atoms with E-state index in [1.807, 2.05) is 19.1 Å². The summed E-state index contributed by atoms with van der Waals surface area (Å²) >= 11 is 0. The van der Waals surface area contributed by atoms with Gasteiger partial charge in [-0.2, -0.15) is 0 Å². The molecule has 1 aromatic rings. The van der Waals surface area contributed by atoms with Crippen molar-refractivity contribution in [3.8, 4) is 0 Å². The fourth-order valence-corrected chi connectivity index (χ4v) is 1.64. The van der Waals surface area contributed by atoms with Gasteiger partial charge < -0.3 is 5.73 Å². The summed E-state index contributed by atoms with van der Waals surface area (Å²) in [6.45, 7) is 9.92. The molecule has 1 heteroatoms. The second-order valence-electron chi connectivity index (χ2n) is 3.49.